The van der Waals surface area contributed by atoms with Gasteiger partial charge >= 0.3 is 11.7 Å². The summed E-state index contributed by atoms with van der Waals surface area (Å²) in [5.74, 6) is 0.719. The molecule has 1 fully saturated rings. The lowest BCUT2D eigenvalue weighted by atomic mass is 10.1. The van der Waals surface area contributed by atoms with Gasteiger partial charge in [0.05, 0.1) is 0 Å². The minimum absolute atomic E-state index is 0.0782. The van der Waals surface area contributed by atoms with Crippen molar-refractivity contribution in [2.45, 2.75) is 32.4 Å². The number of piperidine rings is 1. The largest absolute Gasteiger partial charge is 0.490 e. The summed E-state index contributed by atoms with van der Waals surface area (Å²) in [4.78, 5) is 27.0. The van der Waals surface area contributed by atoms with E-state index in [-0.39, 0.29) is 11.8 Å². The van der Waals surface area contributed by atoms with Gasteiger partial charge in [0.25, 0.3) is 0 Å². The number of nitrogens with one attached hydrogen (secondary N) is 2. The van der Waals surface area contributed by atoms with Gasteiger partial charge in [-0.15, -0.1) is 0 Å². The first-order valence-electron chi connectivity index (χ1n) is 10.6. The minimum atomic E-state index is -0.612. The van der Waals surface area contributed by atoms with Crippen LogP contribution in [0.5, 0.6) is 5.75 Å². The number of halogens is 1. The predicted molar refractivity (Wildman–Crippen MR) is 126 cm³/mol. The Morgan fingerprint density at radius 2 is 1.91 bits per heavy atom. The molecule has 7 nitrogen and oxygen atoms in total. The highest BCUT2D eigenvalue weighted by atomic mass is 35.5. The maximum absolute atomic E-state index is 12.5. The van der Waals surface area contributed by atoms with Crippen molar-refractivity contribution in [2.24, 2.45) is 0 Å². The molecular formula is C24H26ClN3O4. The highest BCUT2D eigenvalue weighted by molar-refractivity contribution is 6.30. The Hall–Kier alpha value is -3.03. The van der Waals surface area contributed by atoms with Crippen molar-refractivity contribution in [3.63, 3.8) is 0 Å². The van der Waals surface area contributed by atoms with Gasteiger partial charge in [0.15, 0.2) is 0 Å². The molecule has 8 heteroatoms. The third-order valence-electron chi connectivity index (χ3n) is 5.67. The molecule has 32 heavy (non-hydrogen) atoms. The second-order valence-corrected chi connectivity index (χ2v) is 8.55. The standard InChI is InChI=1S/C24H26ClN3O4/c1-15-21(31-19-9-11-28(2)12-10-19)8-5-17-13-20(23(29)32-22(15)17)27-24(30)26-14-16-3-6-18(25)7-4-16/h3-8,13,19H,9-12,14H2,1-2H3,(H2,26,27,30). The third kappa shape index (κ3) is 5.23. The molecule has 0 aliphatic carbocycles. The normalized spacial score (nSPS) is 15.0. The summed E-state index contributed by atoms with van der Waals surface area (Å²) in [5, 5.41) is 6.62. The molecule has 0 radical (unpaired) electrons. The number of likely N-dealkylation sites (tertiary alicyclic amines) is 1. The van der Waals surface area contributed by atoms with Crippen LogP contribution in [-0.2, 0) is 6.54 Å². The van der Waals surface area contributed by atoms with E-state index in [1.54, 1.807) is 18.2 Å². The Bertz CT molecular complexity index is 1170. The predicted octanol–water partition coefficient (Wildman–Crippen LogP) is 4.55. The summed E-state index contributed by atoms with van der Waals surface area (Å²) < 4.78 is 11.7. The second kappa shape index (κ2) is 9.63. The van der Waals surface area contributed by atoms with Gasteiger partial charge in [-0.2, -0.15) is 0 Å². The first-order chi connectivity index (χ1) is 15.4. The highest BCUT2D eigenvalue weighted by Crippen LogP contribution is 2.29. The van der Waals surface area contributed by atoms with E-state index in [0.29, 0.717) is 22.5 Å². The molecular weight excluding hydrogens is 430 g/mol. The molecule has 0 spiro atoms. The molecule has 1 aliphatic rings. The number of amides is 2. The molecule has 2 heterocycles. The van der Waals surface area contributed by atoms with E-state index < -0.39 is 11.7 Å². The van der Waals surface area contributed by atoms with Gasteiger partial charge in [-0.25, -0.2) is 9.59 Å². The number of anilines is 1. The van der Waals surface area contributed by atoms with Crippen LogP contribution in [0.2, 0.25) is 5.02 Å². The van der Waals surface area contributed by atoms with E-state index in [4.69, 9.17) is 20.8 Å². The molecule has 1 aliphatic heterocycles. The minimum Gasteiger partial charge on any atom is -0.490 e. The first kappa shape index (κ1) is 22.2. The lowest BCUT2D eigenvalue weighted by Crippen LogP contribution is -2.35. The Kier molecular flexibility index (Phi) is 6.67. The van der Waals surface area contributed by atoms with Crippen LogP contribution in [0.25, 0.3) is 11.0 Å². The zero-order valence-electron chi connectivity index (χ0n) is 18.1. The summed E-state index contributed by atoms with van der Waals surface area (Å²) >= 11 is 5.87. The number of ether oxygens (including phenoxy) is 1. The summed E-state index contributed by atoms with van der Waals surface area (Å²) in [6.07, 6.45) is 2.08. The Balaban J connectivity index is 1.45. The van der Waals surface area contributed by atoms with Crippen molar-refractivity contribution >= 4 is 34.3 Å². The molecule has 0 unspecified atom stereocenters. The number of carbonyl (C=O) groups is 1. The number of hydrogen-bond acceptors (Lipinski definition) is 5. The van der Waals surface area contributed by atoms with Crippen LogP contribution < -0.4 is 21.0 Å². The number of hydrogen-bond donors (Lipinski definition) is 2. The van der Waals surface area contributed by atoms with E-state index in [1.807, 2.05) is 31.2 Å². The molecule has 3 aromatic rings. The Morgan fingerprint density at radius 1 is 1.19 bits per heavy atom. The summed E-state index contributed by atoms with van der Waals surface area (Å²) in [6, 6.07) is 12.0. The van der Waals surface area contributed by atoms with E-state index in [2.05, 4.69) is 22.6 Å². The van der Waals surface area contributed by atoms with Crippen LogP contribution >= 0.6 is 11.6 Å². The molecule has 2 aromatic carbocycles. The summed E-state index contributed by atoms with van der Waals surface area (Å²) in [7, 11) is 2.11. The van der Waals surface area contributed by atoms with Gasteiger partial charge in [0, 0.05) is 35.6 Å². The van der Waals surface area contributed by atoms with E-state index in [1.165, 1.54) is 0 Å². The van der Waals surface area contributed by atoms with E-state index in [9.17, 15) is 9.59 Å². The van der Waals surface area contributed by atoms with Crippen molar-refractivity contribution in [1.82, 2.24) is 10.2 Å². The van der Waals surface area contributed by atoms with Gasteiger partial charge in [-0.05, 0) is 62.7 Å². The average Bonchev–Trinajstić information content (AvgIpc) is 2.78. The zero-order chi connectivity index (χ0) is 22.7. The number of carbonyl (C=O) groups excluding carboxylic acids is 1. The van der Waals surface area contributed by atoms with Crippen molar-refractivity contribution in [1.29, 1.82) is 0 Å². The van der Waals surface area contributed by atoms with Crippen molar-refractivity contribution in [3.05, 3.63) is 69.0 Å². The molecule has 4 rings (SSSR count). The van der Waals surface area contributed by atoms with Gasteiger partial charge in [0.1, 0.15) is 23.1 Å². The Morgan fingerprint density at radius 3 is 2.62 bits per heavy atom. The van der Waals surface area contributed by atoms with E-state index >= 15 is 0 Å². The smallest absolute Gasteiger partial charge is 0.360 e. The zero-order valence-corrected chi connectivity index (χ0v) is 18.9. The van der Waals surface area contributed by atoms with Crippen molar-refractivity contribution in [2.75, 3.05) is 25.5 Å². The van der Waals surface area contributed by atoms with Crippen LogP contribution in [0.15, 0.2) is 51.7 Å². The quantitative estimate of drug-likeness (QED) is 0.551. The highest BCUT2D eigenvalue weighted by Gasteiger charge is 2.20. The molecule has 1 aromatic heterocycles. The van der Waals surface area contributed by atoms with Crippen molar-refractivity contribution < 1.29 is 13.9 Å². The fourth-order valence-electron chi connectivity index (χ4n) is 3.75. The topological polar surface area (TPSA) is 83.8 Å². The number of nitrogens with zero attached hydrogens (tertiary/aromatic N) is 1. The number of rotatable bonds is 5. The average molecular weight is 456 g/mol. The lowest BCUT2D eigenvalue weighted by Gasteiger charge is -2.29. The van der Waals surface area contributed by atoms with Crippen LogP contribution in [0.4, 0.5) is 10.5 Å². The lowest BCUT2D eigenvalue weighted by molar-refractivity contribution is 0.113. The van der Waals surface area contributed by atoms with Crippen molar-refractivity contribution in [3.8, 4) is 5.75 Å². The summed E-state index contributed by atoms with van der Waals surface area (Å²) in [5.41, 5.74) is 1.60. The third-order valence-corrected chi connectivity index (χ3v) is 5.93. The fourth-order valence-corrected chi connectivity index (χ4v) is 3.88. The van der Waals surface area contributed by atoms with Gasteiger partial charge in [-0.3, -0.25) is 0 Å². The molecule has 1 saturated heterocycles. The molecule has 0 atom stereocenters. The maximum Gasteiger partial charge on any atom is 0.360 e. The molecule has 0 bridgehead atoms. The number of aryl methyl sites for hydroxylation is 1. The summed E-state index contributed by atoms with van der Waals surface area (Å²) in [6.45, 7) is 4.18. The first-order valence-corrected chi connectivity index (χ1v) is 11.0. The Labute approximate surface area is 191 Å². The second-order valence-electron chi connectivity index (χ2n) is 8.11. The van der Waals surface area contributed by atoms with E-state index in [0.717, 1.165) is 42.8 Å². The van der Waals surface area contributed by atoms with Crippen LogP contribution in [0, 0.1) is 6.92 Å². The van der Waals surface area contributed by atoms with Crippen LogP contribution in [0.1, 0.15) is 24.0 Å². The van der Waals surface area contributed by atoms with Gasteiger partial charge < -0.3 is 24.7 Å². The molecule has 168 valence electrons. The number of fused-ring (bicyclic) bond motifs is 1. The fraction of sp³-hybridized carbons (Fsp3) is 0.333. The molecule has 2 N–H and O–H groups in total. The SMILES string of the molecule is Cc1c(OC2CCN(C)CC2)ccc2cc(NC(=O)NCc3ccc(Cl)cc3)c(=O)oc12. The molecule has 0 saturated carbocycles. The molecule has 2 amide bonds. The maximum atomic E-state index is 12.5. The van der Waals surface area contributed by atoms with Gasteiger partial charge in [-0.1, -0.05) is 23.7 Å². The van der Waals surface area contributed by atoms with Crippen LogP contribution in [0.3, 0.4) is 0 Å². The van der Waals surface area contributed by atoms with Crippen LogP contribution in [-0.4, -0.2) is 37.2 Å². The van der Waals surface area contributed by atoms with Gasteiger partial charge in [0.2, 0.25) is 0 Å². The monoisotopic (exact) mass is 455 g/mol. The number of benzene rings is 2. The number of urea groups is 1.